The van der Waals surface area contributed by atoms with E-state index in [-0.39, 0.29) is 35.7 Å². The van der Waals surface area contributed by atoms with Crippen molar-refractivity contribution < 1.29 is 13.9 Å². The van der Waals surface area contributed by atoms with E-state index in [1.165, 1.54) is 12.1 Å². The van der Waals surface area contributed by atoms with E-state index in [9.17, 15) is 9.18 Å². The highest BCUT2D eigenvalue weighted by Gasteiger charge is 2.20. The van der Waals surface area contributed by atoms with Gasteiger partial charge in [-0.15, -0.1) is 0 Å². The number of hydrogen-bond donors (Lipinski definition) is 1. The first-order chi connectivity index (χ1) is 16.3. The van der Waals surface area contributed by atoms with Crippen LogP contribution in [-0.2, 0) is 6.42 Å². The van der Waals surface area contributed by atoms with Gasteiger partial charge in [0, 0.05) is 48.7 Å². The van der Waals surface area contributed by atoms with Crippen LogP contribution in [0.2, 0.25) is 10.0 Å². The molecule has 2 heterocycles. The van der Waals surface area contributed by atoms with Crippen LogP contribution in [0, 0.1) is 5.82 Å². The Morgan fingerprint density at radius 1 is 1.12 bits per heavy atom. The lowest BCUT2D eigenvalue weighted by Gasteiger charge is -2.32. The molecule has 1 amide bonds. The Bertz CT molecular complexity index is 1180. The Morgan fingerprint density at radius 3 is 2.53 bits per heavy atom. The number of piperazine rings is 1. The van der Waals surface area contributed by atoms with Gasteiger partial charge in [0.05, 0.1) is 23.5 Å². The average molecular weight is 504 g/mol. The molecule has 3 aromatic rings. The zero-order valence-electron chi connectivity index (χ0n) is 18.6. The SMILES string of the molecule is CN1CCN(C(=O)c2ccc(-c3cnc(N)c(OCCc4c(Cl)ccc(F)c4Cl)n3)cc2)CC1. The number of aromatic nitrogens is 2. The van der Waals surface area contributed by atoms with Crippen molar-refractivity contribution in [3.63, 3.8) is 0 Å². The molecule has 10 heteroatoms. The number of nitrogens with zero attached hydrogens (tertiary/aromatic N) is 4. The molecule has 1 aliphatic heterocycles. The van der Waals surface area contributed by atoms with E-state index in [2.05, 4.69) is 14.9 Å². The van der Waals surface area contributed by atoms with E-state index in [4.69, 9.17) is 33.7 Å². The van der Waals surface area contributed by atoms with E-state index in [0.717, 1.165) is 18.7 Å². The number of hydrogen-bond acceptors (Lipinski definition) is 6. The van der Waals surface area contributed by atoms with E-state index in [1.807, 2.05) is 24.1 Å². The van der Waals surface area contributed by atoms with Gasteiger partial charge in [0.25, 0.3) is 11.8 Å². The third-order valence-electron chi connectivity index (χ3n) is 5.71. The second kappa shape index (κ2) is 10.5. The van der Waals surface area contributed by atoms with Crippen molar-refractivity contribution >= 4 is 34.9 Å². The third-order valence-corrected chi connectivity index (χ3v) is 6.48. The molecule has 1 aliphatic rings. The molecule has 1 saturated heterocycles. The van der Waals surface area contributed by atoms with Crippen LogP contribution in [0.4, 0.5) is 10.2 Å². The molecule has 0 saturated carbocycles. The predicted octanol–water partition coefficient (Wildman–Crippen LogP) is 4.18. The minimum Gasteiger partial charge on any atom is -0.475 e. The number of ether oxygens (including phenoxy) is 1. The first-order valence-electron chi connectivity index (χ1n) is 10.8. The second-order valence-electron chi connectivity index (χ2n) is 8.04. The van der Waals surface area contributed by atoms with Crippen molar-refractivity contribution in [2.45, 2.75) is 6.42 Å². The molecular weight excluding hydrogens is 480 g/mol. The maximum absolute atomic E-state index is 13.7. The second-order valence-corrected chi connectivity index (χ2v) is 8.82. The highest BCUT2D eigenvalue weighted by atomic mass is 35.5. The molecule has 0 atom stereocenters. The molecule has 34 heavy (non-hydrogen) atoms. The van der Waals surface area contributed by atoms with Gasteiger partial charge in [0.1, 0.15) is 5.82 Å². The third kappa shape index (κ3) is 5.41. The van der Waals surface area contributed by atoms with Crippen molar-refractivity contribution in [3.05, 3.63) is 69.6 Å². The first-order valence-corrected chi connectivity index (χ1v) is 11.5. The van der Waals surface area contributed by atoms with Crippen molar-refractivity contribution in [3.8, 4) is 17.1 Å². The molecule has 4 rings (SSSR count). The highest BCUT2D eigenvalue weighted by molar-refractivity contribution is 6.36. The maximum atomic E-state index is 13.7. The number of benzene rings is 2. The van der Waals surface area contributed by atoms with Crippen molar-refractivity contribution in [1.29, 1.82) is 0 Å². The van der Waals surface area contributed by atoms with Crippen LogP contribution in [0.15, 0.2) is 42.6 Å². The molecule has 1 aromatic heterocycles. The smallest absolute Gasteiger partial charge is 0.257 e. The predicted molar refractivity (Wildman–Crippen MR) is 131 cm³/mol. The van der Waals surface area contributed by atoms with Crippen LogP contribution in [-0.4, -0.2) is 65.5 Å². The van der Waals surface area contributed by atoms with Gasteiger partial charge in [-0.3, -0.25) is 4.79 Å². The Labute approximate surface area is 207 Å². The number of carbonyl (C=O) groups is 1. The number of nitrogen functional groups attached to an aromatic ring is 1. The lowest BCUT2D eigenvalue weighted by molar-refractivity contribution is 0.0664. The molecule has 0 radical (unpaired) electrons. The van der Waals surface area contributed by atoms with Gasteiger partial charge in [0.2, 0.25) is 0 Å². The van der Waals surface area contributed by atoms with Crippen molar-refractivity contribution in [2.75, 3.05) is 45.6 Å². The van der Waals surface area contributed by atoms with Gasteiger partial charge in [-0.25, -0.2) is 14.4 Å². The summed E-state index contributed by atoms with van der Waals surface area (Å²) in [5.41, 5.74) is 8.31. The van der Waals surface area contributed by atoms with Gasteiger partial charge in [0.15, 0.2) is 5.82 Å². The normalized spacial score (nSPS) is 14.3. The molecule has 0 aliphatic carbocycles. The zero-order valence-corrected chi connectivity index (χ0v) is 20.1. The highest BCUT2D eigenvalue weighted by Crippen LogP contribution is 2.28. The van der Waals surface area contributed by atoms with Crippen LogP contribution in [0.25, 0.3) is 11.3 Å². The Morgan fingerprint density at radius 2 is 1.82 bits per heavy atom. The lowest BCUT2D eigenvalue weighted by Crippen LogP contribution is -2.47. The lowest BCUT2D eigenvalue weighted by atomic mass is 10.1. The summed E-state index contributed by atoms with van der Waals surface area (Å²) in [6, 6.07) is 9.86. The summed E-state index contributed by atoms with van der Waals surface area (Å²) in [7, 11) is 2.05. The number of amides is 1. The molecule has 178 valence electrons. The standard InChI is InChI=1S/C24H24Cl2FN5O2/c1-31-9-11-32(12-10-31)24(33)16-4-2-15(3-5-16)20-14-29-22(28)23(30-20)34-13-8-17-18(25)6-7-19(27)21(17)26/h2-7,14H,8-13H2,1H3,(H2,28,29). The molecule has 0 spiro atoms. The topological polar surface area (TPSA) is 84.6 Å². The van der Waals surface area contributed by atoms with E-state index in [1.54, 1.807) is 18.3 Å². The largest absolute Gasteiger partial charge is 0.475 e. The number of rotatable bonds is 6. The summed E-state index contributed by atoms with van der Waals surface area (Å²) >= 11 is 12.1. The Kier molecular flexibility index (Phi) is 7.50. The van der Waals surface area contributed by atoms with Gasteiger partial charge in [-0.2, -0.15) is 0 Å². The van der Waals surface area contributed by atoms with E-state index < -0.39 is 5.82 Å². The monoisotopic (exact) mass is 503 g/mol. The van der Waals surface area contributed by atoms with Crippen molar-refractivity contribution in [1.82, 2.24) is 19.8 Å². The molecule has 2 N–H and O–H groups in total. The fraction of sp³-hybridized carbons (Fsp3) is 0.292. The van der Waals surface area contributed by atoms with Crippen LogP contribution >= 0.6 is 23.2 Å². The van der Waals surface area contributed by atoms with E-state index in [0.29, 0.717) is 34.9 Å². The molecule has 2 aromatic carbocycles. The molecular formula is C24H24Cl2FN5O2. The molecule has 1 fully saturated rings. The van der Waals surface area contributed by atoms with E-state index >= 15 is 0 Å². The number of nitrogens with two attached hydrogens (primary N) is 1. The summed E-state index contributed by atoms with van der Waals surface area (Å²) < 4.78 is 19.4. The fourth-order valence-corrected chi connectivity index (χ4v) is 4.21. The first kappa shape index (κ1) is 24.2. The number of anilines is 1. The van der Waals surface area contributed by atoms with Crippen LogP contribution < -0.4 is 10.5 Å². The summed E-state index contributed by atoms with van der Waals surface area (Å²) in [4.78, 5) is 25.4. The van der Waals surface area contributed by atoms with Gasteiger partial charge >= 0.3 is 0 Å². The minimum absolute atomic E-state index is 0.0155. The number of likely N-dealkylation sites (N-methyl/N-ethyl adjacent to an activating group) is 1. The van der Waals surface area contributed by atoms with Crippen LogP contribution in [0.3, 0.4) is 0 Å². The molecule has 0 unspecified atom stereocenters. The Hall–Kier alpha value is -2.94. The fourth-order valence-electron chi connectivity index (χ4n) is 3.65. The van der Waals surface area contributed by atoms with Crippen molar-refractivity contribution in [2.24, 2.45) is 0 Å². The van der Waals surface area contributed by atoms with Crippen LogP contribution in [0.1, 0.15) is 15.9 Å². The number of halogens is 3. The quantitative estimate of drug-likeness (QED) is 0.507. The van der Waals surface area contributed by atoms with Crippen LogP contribution in [0.5, 0.6) is 5.88 Å². The zero-order chi connectivity index (χ0) is 24.2. The van der Waals surface area contributed by atoms with Gasteiger partial charge in [-0.05, 0) is 36.9 Å². The molecule has 7 nitrogen and oxygen atoms in total. The average Bonchev–Trinajstić information content (AvgIpc) is 2.85. The summed E-state index contributed by atoms with van der Waals surface area (Å²) in [6.45, 7) is 3.29. The Balaban J connectivity index is 1.43. The maximum Gasteiger partial charge on any atom is 0.257 e. The summed E-state index contributed by atoms with van der Waals surface area (Å²) in [5, 5.41) is 0.323. The minimum atomic E-state index is -0.545. The van der Waals surface area contributed by atoms with Gasteiger partial charge in [-0.1, -0.05) is 35.3 Å². The molecule has 0 bridgehead atoms. The summed E-state index contributed by atoms with van der Waals surface area (Å²) in [6.07, 6.45) is 1.81. The summed E-state index contributed by atoms with van der Waals surface area (Å²) in [5.74, 6) is -0.251. The number of carbonyl (C=O) groups excluding carboxylic acids is 1. The van der Waals surface area contributed by atoms with Gasteiger partial charge < -0.3 is 20.3 Å².